The highest BCUT2D eigenvalue weighted by Gasteiger charge is 2.11. The highest BCUT2D eigenvalue weighted by atomic mass is 32.2. The van der Waals surface area contributed by atoms with Crippen molar-refractivity contribution in [2.75, 3.05) is 0 Å². The minimum absolute atomic E-state index is 0.0274. The number of carboxylic acid groups (broad SMARTS) is 1. The molecule has 0 bridgehead atoms. The first-order chi connectivity index (χ1) is 10.0. The molecule has 3 aromatic rings. The molecule has 0 spiro atoms. The molecule has 21 heavy (non-hydrogen) atoms. The minimum atomic E-state index is -1.15. The third kappa shape index (κ3) is 2.50. The average molecular weight is 306 g/mol. The van der Waals surface area contributed by atoms with Crippen LogP contribution in [0.2, 0.25) is 0 Å². The fraction of sp³-hybridized carbons (Fsp3) is 0. The number of carbonyl (C=O) groups is 1. The van der Waals surface area contributed by atoms with E-state index in [9.17, 15) is 14.0 Å². The van der Waals surface area contributed by atoms with Crippen LogP contribution in [-0.4, -0.2) is 30.9 Å². The first kappa shape index (κ1) is 13.3. The van der Waals surface area contributed by atoms with Gasteiger partial charge in [-0.3, -0.25) is 0 Å². The molecule has 1 aromatic carbocycles. The molecular formula is C12H7FN4O3S. The molecule has 0 saturated heterocycles. The lowest BCUT2D eigenvalue weighted by Crippen LogP contribution is -2.12. The van der Waals surface area contributed by atoms with Gasteiger partial charge in [-0.05, 0) is 30.3 Å². The summed E-state index contributed by atoms with van der Waals surface area (Å²) in [4.78, 5) is 22.4. The summed E-state index contributed by atoms with van der Waals surface area (Å²) in [5.41, 5.74) is -0.197. The van der Waals surface area contributed by atoms with E-state index < -0.39 is 17.5 Å². The number of nitrogens with zero attached hydrogens (tertiary/aromatic N) is 3. The zero-order valence-corrected chi connectivity index (χ0v) is 11.1. The molecule has 0 aliphatic heterocycles. The Balaban J connectivity index is 2.01. The second kappa shape index (κ2) is 5.02. The molecular weight excluding hydrogens is 299 g/mol. The Bertz CT molecular complexity index is 905. The number of H-pyrrole nitrogens is 1. The van der Waals surface area contributed by atoms with Gasteiger partial charge in [-0.25, -0.2) is 19.1 Å². The maximum absolute atomic E-state index is 13.7. The molecule has 0 aliphatic carbocycles. The van der Waals surface area contributed by atoms with Crippen molar-refractivity contribution in [1.82, 2.24) is 19.8 Å². The predicted octanol–water partition coefficient (Wildman–Crippen LogP) is 1.41. The van der Waals surface area contributed by atoms with Gasteiger partial charge in [0.1, 0.15) is 10.8 Å². The Labute approximate surface area is 120 Å². The standard InChI is InChI=1S/C12H7FN4O3S/c13-7-2-1-6(11(18)19)5-8(7)21-10-4-3-9-14-15-12(20)17(9)16-10/h1-5H,(H,15,20)(H,18,19). The van der Waals surface area contributed by atoms with Crippen LogP contribution in [0.1, 0.15) is 10.4 Å². The minimum Gasteiger partial charge on any atom is -0.478 e. The van der Waals surface area contributed by atoms with Crippen molar-refractivity contribution in [1.29, 1.82) is 0 Å². The van der Waals surface area contributed by atoms with E-state index in [4.69, 9.17) is 5.11 Å². The zero-order valence-electron chi connectivity index (χ0n) is 10.3. The molecule has 2 aromatic heterocycles. The third-order valence-corrected chi connectivity index (χ3v) is 3.60. The molecule has 7 nitrogen and oxygen atoms in total. The van der Waals surface area contributed by atoms with Gasteiger partial charge in [-0.1, -0.05) is 11.8 Å². The number of aromatic nitrogens is 4. The SMILES string of the molecule is O=C(O)c1ccc(F)c(Sc2ccc3n[nH]c(=O)n3n2)c1. The predicted molar refractivity (Wildman–Crippen MR) is 71.1 cm³/mol. The number of aromatic carboxylic acids is 1. The van der Waals surface area contributed by atoms with Crippen LogP contribution < -0.4 is 5.69 Å². The number of carboxylic acids is 1. The lowest BCUT2D eigenvalue weighted by Gasteiger charge is -2.04. The molecule has 0 amide bonds. The molecule has 9 heteroatoms. The van der Waals surface area contributed by atoms with Gasteiger partial charge in [0.2, 0.25) is 0 Å². The zero-order chi connectivity index (χ0) is 15.0. The average Bonchev–Trinajstić information content (AvgIpc) is 2.82. The summed E-state index contributed by atoms with van der Waals surface area (Å²) in [6.45, 7) is 0. The normalized spacial score (nSPS) is 10.9. The van der Waals surface area contributed by atoms with Gasteiger partial charge >= 0.3 is 11.7 Å². The van der Waals surface area contributed by atoms with E-state index in [0.29, 0.717) is 10.7 Å². The first-order valence-corrected chi connectivity index (χ1v) is 6.51. The Morgan fingerprint density at radius 1 is 1.33 bits per heavy atom. The van der Waals surface area contributed by atoms with E-state index >= 15 is 0 Å². The number of hydrogen-bond acceptors (Lipinski definition) is 5. The summed E-state index contributed by atoms with van der Waals surface area (Å²) < 4.78 is 14.8. The lowest BCUT2D eigenvalue weighted by atomic mass is 10.2. The van der Waals surface area contributed by atoms with Crippen molar-refractivity contribution >= 4 is 23.4 Å². The van der Waals surface area contributed by atoms with E-state index in [1.165, 1.54) is 12.1 Å². The van der Waals surface area contributed by atoms with Crippen LogP contribution in [0.15, 0.2) is 45.0 Å². The Morgan fingerprint density at radius 3 is 2.90 bits per heavy atom. The van der Waals surface area contributed by atoms with Crippen molar-refractivity contribution < 1.29 is 14.3 Å². The molecule has 3 rings (SSSR count). The molecule has 0 radical (unpaired) electrons. The van der Waals surface area contributed by atoms with Crippen molar-refractivity contribution in [3.8, 4) is 0 Å². The number of hydrogen-bond donors (Lipinski definition) is 2. The van der Waals surface area contributed by atoms with Crippen molar-refractivity contribution in [3.63, 3.8) is 0 Å². The van der Waals surface area contributed by atoms with E-state index in [2.05, 4.69) is 15.3 Å². The van der Waals surface area contributed by atoms with Crippen LogP contribution in [0, 0.1) is 5.82 Å². The highest BCUT2D eigenvalue weighted by molar-refractivity contribution is 7.99. The van der Waals surface area contributed by atoms with Gasteiger partial charge in [0.25, 0.3) is 0 Å². The molecule has 106 valence electrons. The van der Waals surface area contributed by atoms with Gasteiger partial charge in [0.05, 0.1) is 10.5 Å². The second-order valence-corrected chi connectivity index (χ2v) is 5.08. The van der Waals surface area contributed by atoms with Gasteiger partial charge < -0.3 is 5.11 Å². The molecule has 0 aliphatic rings. The van der Waals surface area contributed by atoms with Crippen LogP contribution in [0.3, 0.4) is 0 Å². The number of benzene rings is 1. The number of nitrogens with one attached hydrogen (secondary N) is 1. The van der Waals surface area contributed by atoms with Crippen molar-refractivity contribution in [2.24, 2.45) is 0 Å². The number of fused-ring (bicyclic) bond motifs is 1. The summed E-state index contributed by atoms with van der Waals surface area (Å²) in [6, 6.07) is 6.58. The van der Waals surface area contributed by atoms with Gasteiger partial charge in [-0.15, -0.1) is 0 Å². The van der Waals surface area contributed by atoms with Crippen LogP contribution >= 0.6 is 11.8 Å². The second-order valence-electron chi connectivity index (χ2n) is 4.02. The summed E-state index contributed by atoms with van der Waals surface area (Å²) in [5.74, 6) is -1.71. The first-order valence-electron chi connectivity index (χ1n) is 5.70. The quantitative estimate of drug-likeness (QED) is 0.758. The largest absolute Gasteiger partial charge is 0.478 e. The van der Waals surface area contributed by atoms with Crippen LogP contribution in [-0.2, 0) is 0 Å². The molecule has 0 fully saturated rings. The monoisotopic (exact) mass is 306 g/mol. The van der Waals surface area contributed by atoms with Gasteiger partial charge in [0, 0.05) is 0 Å². The molecule has 2 heterocycles. The number of halogens is 1. The van der Waals surface area contributed by atoms with E-state index in [-0.39, 0.29) is 10.5 Å². The van der Waals surface area contributed by atoms with Crippen LogP contribution in [0.4, 0.5) is 4.39 Å². The summed E-state index contributed by atoms with van der Waals surface area (Å²) >= 11 is 0.922. The molecule has 2 N–H and O–H groups in total. The van der Waals surface area contributed by atoms with Crippen molar-refractivity contribution in [2.45, 2.75) is 9.92 Å². The summed E-state index contributed by atoms with van der Waals surface area (Å²) in [6.07, 6.45) is 0. The van der Waals surface area contributed by atoms with Crippen molar-refractivity contribution in [3.05, 3.63) is 52.2 Å². The molecule has 0 saturated carbocycles. The number of aromatic amines is 1. The van der Waals surface area contributed by atoms with Crippen LogP contribution in [0.5, 0.6) is 0 Å². The van der Waals surface area contributed by atoms with E-state index in [1.54, 1.807) is 12.1 Å². The van der Waals surface area contributed by atoms with Gasteiger partial charge in [0.15, 0.2) is 5.65 Å². The Kier molecular flexibility index (Phi) is 3.18. The Hall–Kier alpha value is -2.68. The molecule has 0 atom stereocenters. The maximum Gasteiger partial charge on any atom is 0.364 e. The van der Waals surface area contributed by atoms with E-state index in [0.717, 1.165) is 22.3 Å². The fourth-order valence-electron chi connectivity index (χ4n) is 1.67. The summed E-state index contributed by atoms with van der Waals surface area (Å²) in [7, 11) is 0. The Morgan fingerprint density at radius 2 is 2.14 bits per heavy atom. The van der Waals surface area contributed by atoms with Crippen LogP contribution in [0.25, 0.3) is 5.65 Å². The maximum atomic E-state index is 13.7. The lowest BCUT2D eigenvalue weighted by molar-refractivity contribution is 0.0696. The topological polar surface area (TPSA) is 100 Å². The molecule has 0 unspecified atom stereocenters. The third-order valence-electron chi connectivity index (χ3n) is 2.64. The number of rotatable bonds is 3. The van der Waals surface area contributed by atoms with E-state index in [1.807, 2.05) is 0 Å². The smallest absolute Gasteiger partial charge is 0.364 e. The fourth-order valence-corrected chi connectivity index (χ4v) is 2.50. The summed E-state index contributed by atoms with van der Waals surface area (Å²) in [5, 5.41) is 19.2. The highest BCUT2D eigenvalue weighted by Crippen LogP contribution is 2.29. The van der Waals surface area contributed by atoms with Gasteiger partial charge in [-0.2, -0.15) is 14.7 Å².